The van der Waals surface area contributed by atoms with Crippen molar-refractivity contribution >= 4 is 11.6 Å². The van der Waals surface area contributed by atoms with Crippen LogP contribution in [0.15, 0.2) is 72.2 Å². The summed E-state index contributed by atoms with van der Waals surface area (Å²) in [5.41, 5.74) is 1.77. The SMILES string of the molecule is CC1=C(NC(=O)c2cccc(C(F)(F)F)c2)C=CCC1C#Cc1cnc2cccnn12. The summed E-state index contributed by atoms with van der Waals surface area (Å²) in [6.07, 6.45) is 3.06. The van der Waals surface area contributed by atoms with E-state index < -0.39 is 17.6 Å². The molecule has 0 saturated heterocycles. The quantitative estimate of drug-likeness (QED) is 0.624. The molecule has 0 aliphatic heterocycles. The number of rotatable bonds is 2. The summed E-state index contributed by atoms with van der Waals surface area (Å²) >= 11 is 0. The Balaban J connectivity index is 1.55. The molecule has 1 aliphatic carbocycles. The molecule has 2 heterocycles. The van der Waals surface area contributed by atoms with Crippen LogP contribution in [-0.2, 0) is 6.18 Å². The van der Waals surface area contributed by atoms with Gasteiger partial charge in [-0.25, -0.2) is 9.50 Å². The largest absolute Gasteiger partial charge is 0.416 e. The number of hydrogen-bond donors (Lipinski definition) is 1. The third kappa shape index (κ3) is 4.36. The van der Waals surface area contributed by atoms with E-state index in [1.807, 2.05) is 19.1 Å². The fraction of sp³-hybridized carbons (Fsp3) is 0.174. The van der Waals surface area contributed by atoms with Gasteiger partial charge in [0.15, 0.2) is 5.65 Å². The Labute approximate surface area is 176 Å². The maximum atomic E-state index is 12.9. The molecule has 1 amide bonds. The Kier molecular flexibility index (Phi) is 5.34. The van der Waals surface area contributed by atoms with Crippen LogP contribution in [0.4, 0.5) is 13.2 Å². The Hall–Kier alpha value is -3.86. The predicted octanol–water partition coefficient (Wildman–Crippen LogP) is 4.38. The van der Waals surface area contributed by atoms with E-state index in [9.17, 15) is 18.0 Å². The highest BCUT2D eigenvalue weighted by atomic mass is 19.4. The number of alkyl halides is 3. The first-order valence-corrected chi connectivity index (χ1v) is 9.49. The van der Waals surface area contributed by atoms with Crippen molar-refractivity contribution in [2.75, 3.05) is 0 Å². The molecule has 1 aromatic carbocycles. The fourth-order valence-electron chi connectivity index (χ4n) is 3.23. The van der Waals surface area contributed by atoms with Crippen LogP contribution in [0.5, 0.6) is 0 Å². The van der Waals surface area contributed by atoms with Crippen LogP contribution in [0.3, 0.4) is 0 Å². The number of amides is 1. The second-order valence-electron chi connectivity index (χ2n) is 7.03. The van der Waals surface area contributed by atoms with Gasteiger partial charge in [0.05, 0.1) is 11.8 Å². The molecule has 2 aromatic heterocycles. The van der Waals surface area contributed by atoms with E-state index in [0.717, 1.165) is 17.7 Å². The summed E-state index contributed by atoms with van der Waals surface area (Å²) in [4.78, 5) is 16.8. The maximum absolute atomic E-state index is 12.9. The molecular formula is C23H17F3N4O. The Morgan fingerprint density at radius 3 is 2.90 bits per heavy atom. The molecule has 1 N–H and O–H groups in total. The minimum atomic E-state index is -4.51. The average molecular weight is 422 g/mol. The van der Waals surface area contributed by atoms with Gasteiger partial charge in [-0.15, -0.1) is 0 Å². The number of hydrogen-bond acceptors (Lipinski definition) is 3. The summed E-state index contributed by atoms with van der Waals surface area (Å²) in [5, 5.41) is 6.93. The number of nitrogens with zero attached hydrogens (tertiary/aromatic N) is 3. The van der Waals surface area contributed by atoms with Gasteiger partial charge in [-0.3, -0.25) is 4.79 Å². The zero-order valence-electron chi connectivity index (χ0n) is 16.4. The van der Waals surface area contributed by atoms with Gasteiger partial charge in [0.2, 0.25) is 0 Å². The number of halogens is 3. The van der Waals surface area contributed by atoms with Gasteiger partial charge in [0.25, 0.3) is 5.91 Å². The first-order valence-electron chi connectivity index (χ1n) is 9.49. The predicted molar refractivity (Wildman–Crippen MR) is 109 cm³/mol. The Bertz CT molecular complexity index is 1270. The molecular weight excluding hydrogens is 405 g/mol. The lowest BCUT2D eigenvalue weighted by atomic mass is 9.91. The summed E-state index contributed by atoms with van der Waals surface area (Å²) in [7, 11) is 0. The van der Waals surface area contributed by atoms with Crippen molar-refractivity contribution in [3.63, 3.8) is 0 Å². The molecule has 4 rings (SSSR count). The van der Waals surface area contributed by atoms with E-state index in [0.29, 0.717) is 23.5 Å². The highest BCUT2D eigenvalue weighted by Gasteiger charge is 2.31. The standard InChI is InChI=1S/C23H17F3N4O/c1-15-16(10-11-19-14-27-21-9-4-12-28-30(19)21)5-3-8-20(15)29-22(31)17-6-2-7-18(13-17)23(24,25)26/h2-4,6-9,12-14,16H,5H2,1H3,(H,29,31). The zero-order valence-corrected chi connectivity index (χ0v) is 16.4. The number of aromatic nitrogens is 3. The van der Waals surface area contributed by atoms with E-state index in [-0.39, 0.29) is 11.5 Å². The van der Waals surface area contributed by atoms with Gasteiger partial charge in [0.1, 0.15) is 5.69 Å². The van der Waals surface area contributed by atoms with E-state index in [1.54, 1.807) is 29.1 Å². The molecule has 1 atom stereocenters. The molecule has 0 radical (unpaired) electrons. The van der Waals surface area contributed by atoms with Crippen molar-refractivity contribution in [1.29, 1.82) is 0 Å². The molecule has 31 heavy (non-hydrogen) atoms. The third-order valence-corrected chi connectivity index (χ3v) is 4.96. The number of carbonyl (C=O) groups excluding carboxylic acids is 1. The fourth-order valence-corrected chi connectivity index (χ4v) is 3.23. The van der Waals surface area contributed by atoms with Crippen LogP contribution in [0.25, 0.3) is 5.65 Å². The molecule has 0 fully saturated rings. The van der Waals surface area contributed by atoms with Crippen LogP contribution in [0.1, 0.15) is 35.0 Å². The molecule has 1 unspecified atom stereocenters. The second-order valence-corrected chi connectivity index (χ2v) is 7.03. The monoisotopic (exact) mass is 422 g/mol. The number of allylic oxidation sites excluding steroid dienone is 3. The van der Waals surface area contributed by atoms with Crippen molar-refractivity contribution in [3.8, 4) is 11.8 Å². The maximum Gasteiger partial charge on any atom is 0.416 e. The van der Waals surface area contributed by atoms with Crippen molar-refractivity contribution < 1.29 is 18.0 Å². The smallest absolute Gasteiger partial charge is 0.322 e. The van der Waals surface area contributed by atoms with E-state index in [1.165, 1.54) is 12.1 Å². The highest BCUT2D eigenvalue weighted by Crippen LogP contribution is 2.30. The average Bonchev–Trinajstić information content (AvgIpc) is 3.17. The number of fused-ring (bicyclic) bond motifs is 1. The molecule has 5 nitrogen and oxygen atoms in total. The Morgan fingerprint density at radius 2 is 2.10 bits per heavy atom. The van der Waals surface area contributed by atoms with Gasteiger partial charge < -0.3 is 5.32 Å². The lowest BCUT2D eigenvalue weighted by molar-refractivity contribution is -0.137. The lowest BCUT2D eigenvalue weighted by Gasteiger charge is -2.19. The first kappa shape index (κ1) is 20.4. The number of imidazole rings is 1. The van der Waals surface area contributed by atoms with E-state index in [4.69, 9.17) is 0 Å². The number of nitrogens with one attached hydrogen (secondary N) is 1. The van der Waals surface area contributed by atoms with E-state index in [2.05, 4.69) is 27.2 Å². The molecule has 0 spiro atoms. The lowest BCUT2D eigenvalue weighted by Crippen LogP contribution is -2.25. The summed E-state index contributed by atoms with van der Waals surface area (Å²) in [6, 6.07) is 7.96. The van der Waals surface area contributed by atoms with Crippen LogP contribution in [-0.4, -0.2) is 20.5 Å². The van der Waals surface area contributed by atoms with E-state index >= 15 is 0 Å². The molecule has 8 heteroatoms. The number of carbonyl (C=O) groups is 1. The minimum absolute atomic E-state index is 0.0615. The molecule has 0 saturated carbocycles. The minimum Gasteiger partial charge on any atom is -0.322 e. The van der Waals surface area contributed by atoms with Crippen LogP contribution < -0.4 is 5.32 Å². The van der Waals surface area contributed by atoms with Crippen molar-refractivity contribution in [1.82, 2.24) is 19.9 Å². The molecule has 3 aromatic rings. The zero-order chi connectivity index (χ0) is 22.0. The van der Waals surface area contributed by atoms with Crippen molar-refractivity contribution in [3.05, 3.63) is 89.0 Å². The number of benzene rings is 1. The van der Waals surface area contributed by atoms with Gasteiger partial charge in [-0.05, 0) is 61.2 Å². The topological polar surface area (TPSA) is 59.3 Å². The van der Waals surface area contributed by atoms with Gasteiger partial charge in [-0.2, -0.15) is 18.3 Å². The summed E-state index contributed by atoms with van der Waals surface area (Å²) < 4.78 is 40.4. The van der Waals surface area contributed by atoms with Gasteiger partial charge >= 0.3 is 6.18 Å². The van der Waals surface area contributed by atoms with Crippen LogP contribution >= 0.6 is 0 Å². The molecule has 156 valence electrons. The van der Waals surface area contributed by atoms with Crippen molar-refractivity contribution in [2.24, 2.45) is 5.92 Å². The normalized spacial score (nSPS) is 16.2. The molecule has 0 bridgehead atoms. The van der Waals surface area contributed by atoms with Crippen LogP contribution in [0.2, 0.25) is 0 Å². The van der Waals surface area contributed by atoms with Gasteiger partial charge in [0, 0.05) is 23.4 Å². The summed E-state index contributed by atoms with van der Waals surface area (Å²) in [5.74, 6) is 5.49. The van der Waals surface area contributed by atoms with Crippen LogP contribution in [0, 0.1) is 17.8 Å². The van der Waals surface area contributed by atoms with Gasteiger partial charge in [-0.1, -0.05) is 18.1 Å². The van der Waals surface area contributed by atoms with Crippen molar-refractivity contribution in [2.45, 2.75) is 19.5 Å². The molecule has 1 aliphatic rings. The first-order chi connectivity index (χ1) is 14.8. The summed E-state index contributed by atoms with van der Waals surface area (Å²) in [6.45, 7) is 1.84. The third-order valence-electron chi connectivity index (χ3n) is 4.96. The second kappa shape index (κ2) is 8.11. The highest BCUT2D eigenvalue weighted by molar-refractivity contribution is 5.95. The Morgan fingerprint density at radius 1 is 1.26 bits per heavy atom.